The van der Waals surface area contributed by atoms with E-state index >= 15 is 0 Å². The molecule has 2 atom stereocenters. The van der Waals surface area contributed by atoms with Crippen molar-refractivity contribution in [3.05, 3.63) is 35.6 Å². The zero-order valence-electron chi connectivity index (χ0n) is 11.9. The van der Waals surface area contributed by atoms with Crippen LogP contribution in [-0.2, 0) is 15.9 Å². The SMILES string of the molecule is CO[C@H]1CCN(C2COC2)C[C@H]1Cc1ccccc1F. The smallest absolute Gasteiger partial charge is 0.126 e. The Labute approximate surface area is 119 Å². The second-order valence-electron chi connectivity index (χ2n) is 5.80. The predicted octanol–water partition coefficient (Wildman–Crippen LogP) is 2.10. The lowest BCUT2D eigenvalue weighted by atomic mass is 9.87. The van der Waals surface area contributed by atoms with Crippen molar-refractivity contribution in [1.29, 1.82) is 0 Å². The molecule has 2 aliphatic rings. The zero-order valence-corrected chi connectivity index (χ0v) is 11.9. The average molecular weight is 279 g/mol. The Balaban J connectivity index is 1.69. The Hall–Kier alpha value is -0.970. The van der Waals surface area contributed by atoms with Crippen LogP contribution < -0.4 is 0 Å². The van der Waals surface area contributed by atoms with Gasteiger partial charge in [-0.2, -0.15) is 0 Å². The van der Waals surface area contributed by atoms with Crippen molar-refractivity contribution in [3.63, 3.8) is 0 Å². The highest BCUT2D eigenvalue weighted by molar-refractivity contribution is 5.18. The molecule has 3 nitrogen and oxygen atoms in total. The van der Waals surface area contributed by atoms with Crippen molar-refractivity contribution in [3.8, 4) is 0 Å². The second kappa shape index (κ2) is 6.20. The predicted molar refractivity (Wildman–Crippen MR) is 75.2 cm³/mol. The van der Waals surface area contributed by atoms with Crippen LogP contribution in [0.2, 0.25) is 0 Å². The number of hydrogen-bond donors (Lipinski definition) is 0. The molecule has 0 radical (unpaired) electrons. The van der Waals surface area contributed by atoms with Crippen molar-refractivity contribution >= 4 is 0 Å². The van der Waals surface area contributed by atoms with Crippen LogP contribution in [0.25, 0.3) is 0 Å². The van der Waals surface area contributed by atoms with E-state index in [-0.39, 0.29) is 11.9 Å². The van der Waals surface area contributed by atoms with Crippen LogP contribution in [0.15, 0.2) is 24.3 Å². The van der Waals surface area contributed by atoms with Crippen LogP contribution in [-0.4, -0.2) is 50.5 Å². The monoisotopic (exact) mass is 279 g/mol. The molecule has 1 aromatic rings. The third-order valence-electron chi connectivity index (χ3n) is 4.58. The molecule has 0 aliphatic carbocycles. The van der Waals surface area contributed by atoms with Crippen molar-refractivity contribution in [2.45, 2.75) is 25.0 Å². The molecule has 0 aromatic heterocycles. The minimum Gasteiger partial charge on any atom is -0.381 e. The molecule has 4 heteroatoms. The van der Waals surface area contributed by atoms with Gasteiger partial charge in [-0.3, -0.25) is 4.90 Å². The minimum absolute atomic E-state index is 0.105. The van der Waals surface area contributed by atoms with Gasteiger partial charge < -0.3 is 9.47 Å². The van der Waals surface area contributed by atoms with Gasteiger partial charge in [-0.15, -0.1) is 0 Å². The molecule has 0 spiro atoms. The third-order valence-corrected chi connectivity index (χ3v) is 4.58. The largest absolute Gasteiger partial charge is 0.381 e. The second-order valence-corrected chi connectivity index (χ2v) is 5.80. The normalized spacial score (nSPS) is 28.3. The molecule has 20 heavy (non-hydrogen) atoms. The summed E-state index contributed by atoms with van der Waals surface area (Å²) in [5.41, 5.74) is 0.797. The lowest BCUT2D eigenvalue weighted by Gasteiger charge is -2.44. The van der Waals surface area contributed by atoms with Gasteiger partial charge in [0.15, 0.2) is 0 Å². The molecule has 0 unspecified atom stereocenters. The van der Waals surface area contributed by atoms with Gasteiger partial charge in [0.25, 0.3) is 0 Å². The lowest BCUT2D eigenvalue weighted by Crippen LogP contribution is -2.55. The standard InChI is InChI=1S/C16H22FNO2/c1-19-16-6-7-18(14-10-20-11-14)9-13(16)8-12-4-2-3-5-15(12)17/h2-5,13-14,16H,6-11H2,1H3/t13-,16+/m1/s1. The average Bonchev–Trinajstić information content (AvgIpc) is 2.40. The molecule has 1 aromatic carbocycles. The summed E-state index contributed by atoms with van der Waals surface area (Å²) in [5, 5.41) is 0. The van der Waals surface area contributed by atoms with Gasteiger partial charge in [0.05, 0.1) is 25.4 Å². The van der Waals surface area contributed by atoms with Gasteiger partial charge in [0.1, 0.15) is 5.82 Å². The number of rotatable bonds is 4. The van der Waals surface area contributed by atoms with Gasteiger partial charge in [-0.25, -0.2) is 4.39 Å². The van der Waals surface area contributed by atoms with Gasteiger partial charge >= 0.3 is 0 Å². The lowest BCUT2D eigenvalue weighted by molar-refractivity contribution is -0.0976. The van der Waals surface area contributed by atoms with Crippen molar-refractivity contribution < 1.29 is 13.9 Å². The Bertz CT molecular complexity index is 450. The third kappa shape index (κ3) is 2.87. The van der Waals surface area contributed by atoms with E-state index in [9.17, 15) is 4.39 Å². The van der Waals surface area contributed by atoms with Gasteiger partial charge in [-0.1, -0.05) is 18.2 Å². The fourth-order valence-corrected chi connectivity index (χ4v) is 3.26. The molecule has 2 saturated heterocycles. The molecule has 110 valence electrons. The molecule has 0 bridgehead atoms. The molecular formula is C16H22FNO2. The van der Waals surface area contributed by atoms with Crippen LogP contribution in [0, 0.1) is 11.7 Å². The summed E-state index contributed by atoms with van der Waals surface area (Å²) < 4.78 is 24.7. The summed E-state index contributed by atoms with van der Waals surface area (Å²) in [5.74, 6) is 0.248. The molecular weight excluding hydrogens is 257 g/mol. The maximum absolute atomic E-state index is 13.8. The van der Waals surface area contributed by atoms with E-state index in [2.05, 4.69) is 4.90 Å². The Morgan fingerprint density at radius 1 is 1.35 bits per heavy atom. The Kier molecular flexibility index (Phi) is 4.34. The molecule has 2 heterocycles. The van der Waals surface area contributed by atoms with E-state index in [0.29, 0.717) is 12.0 Å². The van der Waals surface area contributed by atoms with Crippen LogP contribution in [0.3, 0.4) is 0 Å². The highest BCUT2D eigenvalue weighted by Gasteiger charge is 2.35. The first-order chi connectivity index (χ1) is 9.78. The number of nitrogens with zero attached hydrogens (tertiary/aromatic N) is 1. The number of halogens is 1. The summed E-state index contributed by atoms with van der Waals surface area (Å²) in [6.45, 7) is 3.70. The zero-order chi connectivity index (χ0) is 13.9. The van der Waals surface area contributed by atoms with Crippen molar-refractivity contribution in [1.82, 2.24) is 4.90 Å². The molecule has 0 N–H and O–H groups in total. The first-order valence-corrected chi connectivity index (χ1v) is 7.36. The molecule has 0 amide bonds. The minimum atomic E-state index is -0.105. The van der Waals surface area contributed by atoms with E-state index in [0.717, 1.165) is 44.7 Å². The van der Waals surface area contributed by atoms with E-state index < -0.39 is 0 Å². The number of piperidine rings is 1. The summed E-state index contributed by atoms with van der Waals surface area (Å²) in [7, 11) is 1.77. The van der Waals surface area contributed by atoms with Crippen LogP contribution in [0.1, 0.15) is 12.0 Å². The highest BCUT2D eigenvalue weighted by Crippen LogP contribution is 2.27. The molecule has 3 rings (SSSR count). The van der Waals surface area contributed by atoms with Crippen molar-refractivity contribution in [2.24, 2.45) is 5.92 Å². The summed E-state index contributed by atoms with van der Waals surface area (Å²) in [6.07, 6.45) is 1.99. The molecule has 0 saturated carbocycles. The van der Waals surface area contributed by atoms with E-state index in [1.54, 1.807) is 13.2 Å². The Morgan fingerprint density at radius 3 is 2.80 bits per heavy atom. The first-order valence-electron chi connectivity index (χ1n) is 7.36. The number of methoxy groups -OCH3 is 1. The van der Waals surface area contributed by atoms with Crippen LogP contribution in [0.4, 0.5) is 4.39 Å². The van der Waals surface area contributed by atoms with E-state index in [1.807, 2.05) is 12.1 Å². The van der Waals surface area contributed by atoms with Crippen molar-refractivity contribution in [2.75, 3.05) is 33.4 Å². The number of benzene rings is 1. The summed E-state index contributed by atoms with van der Waals surface area (Å²) in [6, 6.07) is 7.62. The van der Waals surface area contributed by atoms with Gasteiger partial charge in [0.2, 0.25) is 0 Å². The van der Waals surface area contributed by atoms with Gasteiger partial charge in [-0.05, 0) is 24.5 Å². The highest BCUT2D eigenvalue weighted by atomic mass is 19.1. The quantitative estimate of drug-likeness (QED) is 0.842. The molecule has 2 fully saturated rings. The maximum Gasteiger partial charge on any atom is 0.126 e. The summed E-state index contributed by atoms with van der Waals surface area (Å²) >= 11 is 0. The van der Waals surface area contributed by atoms with E-state index in [1.165, 1.54) is 6.07 Å². The first kappa shape index (κ1) is 14.0. The number of hydrogen-bond acceptors (Lipinski definition) is 3. The fourth-order valence-electron chi connectivity index (χ4n) is 3.26. The summed E-state index contributed by atoms with van der Waals surface area (Å²) in [4.78, 5) is 2.48. The van der Waals surface area contributed by atoms with Crippen LogP contribution >= 0.6 is 0 Å². The number of ether oxygens (including phenoxy) is 2. The maximum atomic E-state index is 13.8. The molecule has 2 aliphatic heterocycles. The number of likely N-dealkylation sites (tertiary alicyclic amines) is 1. The van der Waals surface area contributed by atoms with Crippen LogP contribution in [0.5, 0.6) is 0 Å². The fraction of sp³-hybridized carbons (Fsp3) is 0.625. The van der Waals surface area contributed by atoms with E-state index in [4.69, 9.17) is 9.47 Å². The topological polar surface area (TPSA) is 21.7 Å². The van der Waals surface area contributed by atoms with Gasteiger partial charge in [0, 0.05) is 26.1 Å². The Morgan fingerprint density at radius 2 is 2.15 bits per heavy atom.